The Morgan fingerprint density at radius 2 is 1.83 bits per heavy atom. The zero-order valence-electron chi connectivity index (χ0n) is 24.1. The lowest BCUT2D eigenvalue weighted by Crippen LogP contribution is -2.44. The lowest BCUT2D eigenvalue weighted by Gasteiger charge is -2.26. The first-order chi connectivity index (χ1) is 19.8. The Hall–Kier alpha value is -3.87. The Morgan fingerprint density at radius 3 is 2.63 bits per heavy atom. The van der Waals surface area contributed by atoms with Crippen LogP contribution in [0, 0.1) is 17.8 Å². The van der Waals surface area contributed by atoms with E-state index in [0.29, 0.717) is 31.1 Å². The fourth-order valence-corrected chi connectivity index (χ4v) is 6.45. The third-order valence-corrected chi connectivity index (χ3v) is 9.09. The highest BCUT2D eigenvalue weighted by Crippen LogP contribution is 2.46. The summed E-state index contributed by atoms with van der Waals surface area (Å²) in [5, 5.41) is 4.18. The smallest absolute Gasteiger partial charge is 0.226 e. The molecular formula is C34H39N3O4. The van der Waals surface area contributed by atoms with E-state index in [2.05, 4.69) is 24.4 Å². The fraction of sp³-hybridized carbons (Fsp3) is 0.441. The van der Waals surface area contributed by atoms with Crippen molar-refractivity contribution >= 4 is 22.7 Å². The van der Waals surface area contributed by atoms with Crippen LogP contribution in [-0.4, -0.2) is 54.0 Å². The number of nitrogens with one attached hydrogen (secondary N) is 1. The number of benzene rings is 2. The van der Waals surface area contributed by atoms with Crippen LogP contribution in [0.15, 0.2) is 66.7 Å². The van der Waals surface area contributed by atoms with Crippen LogP contribution in [0.25, 0.3) is 22.2 Å². The topological polar surface area (TPSA) is 80.8 Å². The Balaban J connectivity index is 1.31. The Bertz CT molecular complexity index is 1470. The molecule has 7 heteroatoms. The highest BCUT2D eigenvalue weighted by Gasteiger charge is 2.52. The first-order valence-corrected chi connectivity index (χ1v) is 14.8. The van der Waals surface area contributed by atoms with E-state index in [0.717, 1.165) is 53.6 Å². The van der Waals surface area contributed by atoms with Gasteiger partial charge in [-0.3, -0.25) is 9.59 Å². The van der Waals surface area contributed by atoms with Gasteiger partial charge < -0.3 is 19.7 Å². The van der Waals surface area contributed by atoms with Crippen LogP contribution in [0.1, 0.15) is 45.4 Å². The molecule has 0 spiro atoms. The van der Waals surface area contributed by atoms with Gasteiger partial charge in [0.05, 0.1) is 30.2 Å². The van der Waals surface area contributed by atoms with Gasteiger partial charge in [0.15, 0.2) is 0 Å². The van der Waals surface area contributed by atoms with Crippen molar-refractivity contribution in [2.45, 2.75) is 57.1 Å². The summed E-state index contributed by atoms with van der Waals surface area (Å²) in [7, 11) is 3.50. The van der Waals surface area contributed by atoms with Gasteiger partial charge in [-0.2, -0.15) is 0 Å². The van der Waals surface area contributed by atoms with Crippen molar-refractivity contribution in [1.29, 1.82) is 0 Å². The number of hydrogen-bond acceptors (Lipinski definition) is 5. The molecule has 0 saturated heterocycles. The van der Waals surface area contributed by atoms with Crippen LogP contribution >= 0.6 is 0 Å². The summed E-state index contributed by atoms with van der Waals surface area (Å²) in [6.45, 7) is 2.81. The second-order valence-corrected chi connectivity index (χ2v) is 12.1. The van der Waals surface area contributed by atoms with Gasteiger partial charge in [-0.05, 0) is 57.6 Å². The summed E-state index contributed by atoms with van der Waals surface area (Å²) in [5.41, 5.74) is 2.32. The minimum absolute atomic E-state index is 0.0346. The van der Waals surface area contributed by atoms with Crippen molar-refractivity contribution in [3.8, 4) is 22.8 Å². The number of rotatable bonds is 4. The van der Waals surface area contributed by atoms with Crippen LogP contribution in [0.3, 0.4) is 0 Å². The summed E-state index contributed by atoms with van der Waals surface area (Å²) in [5.74, 6) is 0.942. The molecule has 0 radical (unpaired) electrons. The zero-order valence-corrected chi connectivity index (χ0v) is 24.1. The summed E-state index contributed by atoms with van der Waals surface area (Å²) in [6, 6.07) is 17.8. The van der Waals surface area contributed by atoms with Gasteiger partial charge in [0.2, 0.25) is 11.8 Å². The first kappa shape index (κ1) is 27.3. The molecule has 1 N–H and O–H groups in total. The van der Waals surface area contributed by atoms with Crippen molar-refractivity contribution in [1.82, 2.24) is 15.2 Å². The molecule has 2 fully saturated rings. The number of amides is 2. The molecule has 2 aromatic carbocycles. The van der Waals surface area contributed by atoms with E-state index in [1.54, 1.807) is 7.11 Å². The maximum atomic E-state index is 13.7. The summed E-state index contributed by atoms with van der Waals surface area (Å²) in [6.07, 6.45) is 9.15. The van der Waals surface area contributed by atoms with Gasteiger partial charge in [0.25, 0.3) is 0 Å². The Labute approximate surface area is 241 Å². The van der Waals surface area contributed by atoms with Crippen LogP contribution in [0.2, 0.25) is 0 Å². The highest BCUT2D eigenvalue weighted by atomic mass is 16.5. The van der Waals surface area contributed by atoms with E-state index in [-0.39, 0.29) is 23.5 Å². The molecule has 214 valence electrons. The molecule has 2 saturated carbocycles. The summed E-state index contributed by atoms with van der Waals surface area (Å²) in [4.78, 5) is 34.1. The van der Waals surface area contributed by atoms with Crippen molar-refractivity contribution in [3.63, 3.8) is 0 Å². The van der Waals surface area contributed by atoms with Crippen molar-refractivity contribution in [3.05, 3.63) is 66.7 Å². The highest BCUT2D eigenvalue weighted by molar-refractivity contribution is 5.90. The molecule has 1 aliphatic heterocycles. The van der Waals surface area contributed by atoms with Gasteiger partial charge in [-0.25, -0.2) is 4.98 Å². The number of methoxy groups -OCH3 is 1. The SMILES string of the molecule is COc1ccc2c(O[C@@H]3C[C@H]4C(=O)N[C@]5(C)C[C@H]5/C=C\CCCCN(C)C(=O)[C@@H]4C3)cc(-c3ccccc3)nc2c1. The third kappa shape index (κ3) is 5.67. The number of ether oxygens (including phenoxy) is 2. The predicted molar refractivity (Wildman–Crippen MR) is 160 cm³/mol. The van der Waals surface area contributed by atoms with E-state index in [1.807, 2.05) is 66.5 Å². The maximum absolute atomic E-state index is 13.7. The van der Waals surface area contributed by atoms with Crippen LogP contribution in [0.4, 0.5) is 0 Å². The molecule has 0 unspecified atom stereocenters. The molecule has 5 atom stereocenters. The van der Waals surface area contributed by atoms with Gasteiger partial charge >= 0.3 is 0 Å². The zero-order chi connectivity index (χ0) is 28.6. The molecule has 2 aliphatic carbocycles. The maximum Gasteiger partial charge on any atom is 0.226 e. The number of hydrogen-bond donors (Lipinski definition) is 1. The second kappa shape index (κ2) is 11.2. The number of pyridine rings is 1. The molecule has 2 amide bonds. The molecule has 3 aliphatic rings. The molecule has 41 heavy (non-hydrogen) atoms. The molecule has 3 aromatic rings. The average Bonchev–Trinajstić information content (AvgIpc) is 3.41. The van der Waals surface area contributed by atoms with Crippen LogP contribution in [-0.2, 0) is 9.59 Å². The van der Waals surface area contributed by atoms with E-state index in [9.17, 15) is 9.59 Å². The lowest BCUT2D eigenvalue weighted by atomic mass is 9.93. The van der Waals surface area contributed by atoms with Gasteiger partial charge in [0.1, 0.15) is 17.6 Å². The van der Waals surface area contributed by atoms with Gasteiger partial charge in [0, 0.05) is 48.1 Å². The lowest BCUT2D eigenvalue weighted by molar-refractivity contribution is -0.140. The van der Waals surface area contributed by atoms with Crippen molar-refractivity contribution in [2.24, 2.45) is 17.8 Å². The Kier molecular flexibility index (Phi) is 7.45. The quantitative estimate of drug-likeness (QED) is 0.415. The summed E-state index contributed by atoms with van der Waals surface area (Å²) >= 11 is 0. The number of aromatic nitrogens is 1. The number of fused-ring (bicyclic) bond motifs is 3. The number of nitrogens with zero attached hydrogens (tertiary/aromatic N) is 2. The molecule has 2 heterocycles. The van der Waals surface area contributed by atoms with Crippen molar-refractivity contribution < 1.29 is 19.1 Å². The first-order valence-electron chi connectivity index (χ1n) is 14.8. The molecule has 0 bridgehead atoms. The Morgan fingerprint density at radius 1 is 1.02 bits per heavy atom. The van der Waals surface area contributed by atoms with E-state index in [4.69, 9.17) is 14.5 Å². The van der Waals surface area contributed by atoms with Crippen LogP contribution < -0.4 is 14.8 Å². The fourth-order valence-electron chi connectivity index (χ4n) is 6.45. The van der Waals surface area contributed by atoms with E-state index < -0.39 is 11.8 Å². The average molecular weight is 554 g/mol. The normalized spacial score (nSPS) is 29.2. The van der Waals surface area contributed by atoms with E-state index in [1.165, 1.54) is 0 Å². The van der Waals surface area contributed by atoms with Crippen LogP contribution in [0.5, 0.6) is 11.5 Å². The molecular weight excluding hydrogens is 514 g/mol. The predicted octanol–water partition coefficient (Wildman–Crippen LogP) is 5.78. The monoisotopic (exact) mass is 553 g/mol. The number of allylic oxidation sites excluding steroid dienone is 1. The third-order valence-electron chi connectivity index (χ3n) is 9.09. The molecule has 1 aromatic heterocycles. The second-order valence-electron chi connectivity index (χ2n) is 12.1. The number of carbonyl (C=O) groups is 2. The minimum atomic E-state index is -0.429. The largest absolute Gasteiger partial charge is 0.497 e. The summed E-state index contributed by atoms with van der Waals surface area (Å²) < 4.78 is 12.2. The molecule has 7 nitrogen and oxygen atoms in total. The molecule has 6 rings (SSSR count). The van der Waals surface area contributed by atoms with Gasteiger partial charge in [-0.15, -0.1) is 0 Å². The van der Waals surface area contributed by atoms with Gasteiger partial charge in [-0.1, -0.05) is 42.5 Å². The number of carbonyl (C=O) groups excluding carboxylic acids is 2. The van der Waals surface area contributed by atoms with E-state index >= 15 is 0 Å². The van der Waals surface area contributed by atoms with Crippen molar-refractivity contribution in [2.75, 3.05) is 20.7 Å². The standard InChI is InChI=1S/C34H39N3O4/c1-34-21-23(34)13-9-4-5-10-16-37(2)33(39)28-18-25(17-27(28)32(38)36-34)41-31-20-29(22-11-7-6-8-12-22)35-30-19-24(40-3)14-15-26(30)31/h6-9,11-15,19-20,23,25,27-28H,4-5,10,16-18,21H2,1-3H3,(H,36,38)/b13-9-/t23-,25-,27-,28-,34-/m1/s1. The minimum Gasteiger partial charge on any atom is -0.497 e.